The molecule has 10 heteroatoms. The molecule has 5 rings (SSSR count). The quantitative estimate of drug-likeness (QED) is 0.467. The normalized spacial score (nSPS) is 19.1. The number of nitrogens with zero attached hydrogens (tertiary/aromatic N) is 3. The summed E-state index contributed by atoms with van der Waals surface area (Å²) in [5.41, 5.74) is 2.50. The van der Waals surface area contributed by atoms with Gasteiger partial charge < -0.3 is 14.5 Å². The van der Waals surface area contributed by atoms with Gasteiger partial charge in [-0.3, -0.25) is 9.89 Å². The number of aromatic amines is 1. The standard InChI is InChI=1S/C21H18ClF2N5O2/c1-9(31-2)16-19(24)18(22)17(12-6-25-28-20(12)16)10-3-4-15-26-14(8-29(15)7-10)27-21(30)11-5-13(11)23/h3-4,6-9,11,13H,5H2,1-2H3,(H,25,28)(H,27,30). The number of alkyl halides is 1. The van der Waals surface area contributed by atoms with Crippen LogP contribution in [-0.4, -0.2) is 38.8 Å². The van der Waals surface area contributed by atoms with Crippen LogP contribution in [0.2, 0.25) is 5.02 Å². The topological polar surface area (TPSA) is 84.3 Å². The van der Waals surface area contributed by atoms with Crippen LogP contribution < -0.4 is 5.32 Å². The van der Waals surface area contributed by atoms with Crippen LogP contribution in [0.15, 0.2) is 30.7 Å². The number of halogens is 3. The van der Waals surface area contributed by atoms with Gasteiger partial charge in [-0.1, -0.05) is 11.6 Å². The van der Waals surface area contributed by atoms with Crippen molar-refractivity contribution in [3.8, 4) is 11.1 Å². The number of benzene rings is 1. The SMILES string of the molecule is COC(C)c1c(F)c(Cl)c(-c2ccc3nc(NC(=O)C4CC4F)cn3c2)c2cn[nH]c12. The number of carbonyl (C=O) groups is 1. The molecule has 0 aliphatic heterocycles. The number of fused-ring (bicyclic) bond motifs is 2. The van der Waals surface area contributed by atoms with E-state index >= 15 is 4.39 Å². The van der Waals surface area contributed by atoms with Crippen molar-refractivity contribution >= 4 is 39.9 Å². The highest BCUT2D eigenvalue weighted by Crippen LogP contribution is 2.41. The highest BCUT2D eigenvalue weighted by atomic mass is 35.5. The summed E-state index contributed by atoms with van der Waals surface area (Å²) < 4.78 is 35.3. The maximum absolute atomic E-state index is 15.2. The first-order valence-electron chi connectivity index (χ1n) is 9.69. The number of anilines is 1. The van der Waals surface area contributed by atoms with E-state index in [1.165, 1.54) is 7.11 Å². The van der Waals surface area contributed by atoms with Crippen molar-refractivity contribution in [3.63, 3.8) is 0 Å². The molecule has 1 amide bonds. The van der Waals surface area contributed by atoms with Crippen LogP contribution in [0.4, 0.5) is 14.6 Å². The zero-order chi connectivity index (χ0) is 21.9. The average molecular weight is 446 g/mol. The Morgan fingerprint density at radius 3 is 2.90 bits per heavy atom. The molecule has 160 valence electrons. The summed E-state index contributed by atoms with van der Waals surface area (Å²) in [4.78, 5) is 16.3. The third-order valence-electron chi connectivity index (χ3n) is 5.63. The minimum atomic E-state index is -1.08. The van der Waals surface area contributed by atoms with Gasteiger partial charge in [-0.2, -0.15) is 5.10 Å². The smallest absolute Gasteiger partial charge is 0.231 e. The van der Waals surface area contributed by atoms with Crippen molar-refractivity contribution in [2.75, 3.05) is 12.4 Å². The number of nitrogens with one attached hydrogen (secondary N) is 2. The van der Waals surface area contributed by atoms with Gasteiger partial charge in [0.05, 0.1) is 35.0 Å². The number of H-pyrrole nitrogens is 1. The molecule has 0 bridgehead atoms. The first-order valence-corrected chi connectivity index (χ1v) is 10.1. The fourth-order valence-electron chi connectivity index (χ4n) is 3.77. The fourth-order valence-corrected chi connectivity index (χ4v) is 4.09. The molecule has 3 aromatic heterocycles. The molecule has 1 fully saturated rings. The third kappa shape index (κ3) is 3.24. The lowest BCUT2D eigenvalue weighted by molar-refractivity contribution is -0.117. The lowest BCUT2D eigenvalue weighted by Gasteiger charge is -2.16. The molecule has 0 spiro atoms. The van der Waals surface area contributed by atoms with Crippen molar-refractivity contribution in [2.45, 2.75) is 25.6 Å². The van der Waals surface area contributed by atoms with E-state index in [4.69, 9.17) is 16.3 Å². The van der Waals surface area contributed by atoms with Crippen LogP contribution in [0.5, 0.6) is 0 Å². The molecule has 3 unspecified atom stereocenters. The molecule has 0 radical (unpaired) electrons. The Morgan fingerprint density at radius 2 is 2.19 bits per heavy atom. The van der Waals surface area contributed by atoms with E-state index in [2.05, 4.69) is 20.5 Å². The minimum absolute atomic E-state index is 0.0384. The second-order valence-electron chi connectivity index (χ2n) is 7.61. The summed E-state index contributed by atoms with van der Waals surface area (Å²) in [7, 11) is 1.49. The third-order valence-corrected chi connectivity index (χ3v) is 5.98. The number of hydrogen-bond donors (Lipinski definition) is 2. The summed E-state index contributed by atoms with van der Waals surface area (Å²) in [5.74, 6) is -1.25. The van der Waals surface area contributed by atoms with E-state index in [1.807, 2.05) is 0 Å². The van der Waals surface area contributed by atoms with E-state index in [0.29, 0.717) is 39.1 Å². The Kier molecular flexibility index (Phi) is 4.67. The van der Waals surface area contributed by atoms with Crippen molar-refractivity contribution in [2.24, 2.45) is 5.92 Å². The first-order chi connectivity index (χ1) is 14.9. The molecule has 3 heterocycles. The summed E-state index contributed by atoms with van der Waals surface area (Å²) in [5, 5.41) is 10.2. The maximum Gasteiger partial charge on any atom is 0.231 e. The maximum atomic E-state index is 15.2. The van der Waals surface area contributed by atoms with Crippen molar-refractivity contribution in [1.82, 2.24) is 19.6 Å². The number of rotatable bonds is 5. The molecule has 1 saturated carbocycles. The zero-order valence-corrected chi connectivity index (χ0v) is 17.4. The van der Waals surface area contributed by atoms with Crippen LogP contribution in [0.1, 0.15) is 25.0 Å². The molecule has 7 nitrogen and oxygen atoms in total. The molecule has 1 aliphatic rings. The molecule has 31 heavy (non-hydrogen) atoms. The predicted octanol–water partition coefficient (Wildman–Crippen LogP) is 4.67. The Labute approximate surface area is 180 Å². The number of ether oxygens (including phenoxy) is 1. The number of carbonyl (C=O) groups excluding carboxylic acids is 1. The van der Waals surface area contributed by atoms with Crippen LogP contribution in [-0.2, 0) is 9.53 Å². The van der Waals surface area contributed by atoms with Gasteiger partial charge in [0.1, 0.15) is 17.6 Å². The number of methoxy groups -OCH3 is 1. The number of aromatic nitrogens is 4. The lowest BCUT2D eigenvalue weighted by atomic mass is 9.97. The van der Waals surface area contributed by atoms with Crippen LogP contribution in [0, 0.1) is 11.7 Å². The van der Waals surface area contributed by atoms with Crippen molar-refractivity contribution in [1.29, 1.82) is 0 Å². The Morgan fingerprint density at radius 1 is 1.42 bits per heavy atom. The van der Waals surface area contributed by atoms with Gasteiger partial charge in [0.2, 0.25) is 5.91 Å². The number of pyridine rings is 1. The van der Waals surface area contributed by atoms with Crippen LogP contribution in [0.3, 0.4) is 0 Å². The number of hydrogen-bond acceptors (Lipinski definition) is 4. The summed E-state index contributed by atoms with van der Waals surface area (Å²) >= 11 is 6.46. The van der Waals surface area contributed by atoms with Gasteiger partial charge in [0, 0.05) is 35.4 Å². The Hall–Kier alpha value is -3.04. The predicted molar refractivity (Wildman–Crippen MR) is 112 cm³/mol. The van der Waals surface area contributed by atoms with Crippen LogP contribution in [0.25, 0.3) is 27.7 Å². The zero-order valence-electron chi connectivity index (χ0n) is 16.6. The molecular formula is C21H18ClF2N5O2. The molecule has 4 aromatic rings. The molecular weight excluding hydrogens is 428 g/mol. The van der Waals surface area contributed by atoms with E-state index < -0.39 is 24.0 Å². The van der Waals surface area contributed by atoms with Crippen molar-refractivity contribution < 1.29 is 18.3 Å². The summed E-state index contributed by atoms with van der Waals surface area (Å²) in [6, 6.07) is 3.49. The second-order valence-corrected chi connectivity index (χ2v) is 7.99. The van der Waals surface area contributed by atoms with E-state index in [1.54, 1.807) is 42.0 Å². The van der Waals surface area contributed by atoms with Gasteiger partial charge >= 0.3 is 0 Å². The average Bonchev–Trinajstić information content (AvgIpc) is 3.12. The molecule has 1 aliphatic carbocycles. The van der Waals surface area contributed by atoms with Gasteiger partial charge in [-0.15, -0.1) is 0 Å². The minimum Gasteiger partial charge on any atom is -0.377 e. The van der Waals surface area contributed by atoms with Gasteiger partial charge in [-0.25, -0.2) is 13.8 Å². The lowest BCUT2D eigenvalue weighted by Crippen LogP contribution is -2.15. The number of amides is 1. The Balaban J connectivity index is 1.58. The molecule has 3 atom stereocenters. The summed E-state index contributed by atoms with van der Waals surface area (Å²) in [6.07, 6.45) is 3.58. The van der Waals surface area contributed by atoms with E-state index in [0.717, 1.165) is 0 Å². The second kappa shape index (κ2) is 7.28. The molecule has 0 saturated heterocycles. The van der Waals surface area contributed by atoms with Crippen molar-refractivity contribution in [3.05, 3.63) is 47.1 Å². The molecule has 2 N–H and O–H groups in total. The van der Waals surface area contributed by atoms with E-state index in [9.17, 15) is 9.18 Å². The number of imidazole rings is 1. The van der Waals surface area contributed by atoms with Gasteiger partial charge in [0.15, 0.2) is 5.82 Å². The van der Waals surface area contributed by atoms with Gasteiger partial charge in [-0.05, 0) is 25.5 Å². The van der Waals surface area contributed by atoms with E-state index in [-0.39, 0.29) is 17.4 Å². The Bertz CT molecular complexity index is 1330. The monoisotopic (exact) mass is 445 g/mol. The van der Waals surface area contributed by atoms with Gasteiger partial charge in [0.25, 0.3) is 0 Å². The molecule has 1 aromatic carbocycles. The largest absolute Gasteiger partial charge is 0.377 e. The summed E-state index contributed by atoms with van der Waals surface area (Å²) in [6.45, 7) is 1.73. The van der Waals surface area contributed by atoms with Crippen LogP contribution >= 0.6 is 11.6 Å². The highest BCUT2D eigenvalue weighted by molar-refractivity contribution is 6.35. The fraction of sp³-hybridized carbons (Fsp3) is 0.286. The first kappa shape index (κ1) is 19.9. The highest BCUT2D eigenvalue weighted by Gasteiger charge is 2.43.